The number of hydrogen-bond donors (Lipinski definition) is 1. The third-order valence-electron chi connectivity index (χ3n) is 5.24. The lowest BCUT2D eigenvalue weighted by molar-refractivity contribution is -0.124. The van der Waals surface area contributed by atoms with Crippen LogP contribution in [0.5, 0.6) is 0 Å². The normalized spacial score (nSPS) is 17.3. The summed E-state index contributed by atoms with van der Waals surface area (Å²) in [4.78, 5) is 13.1. The molecule has 1 aliphatic carbocycles. The summed E-state index contributed by atoms with van der Waals surface area (Å²) in [5, 5.41) is 3.01. The fraction of sp³-hybridized carbons (Fsp3) is 0.350. The van der Waals surface area contributed by atoms with Crippen LogP contribution in [0.1, 0.15) is 44.2 Å². The number of amides is 1. The minimum absolute atomic E-state index is 0.0227. The van der Waals surface area contributed by atoms with Gasteiger partial charge in [-0.05, 0) is 50.1 Å². The summed E-state index contributed by atoms with van der Waals surface area (Å²) in [6.07, 6.45) is 1.56. The lowest BCUT2D eigenvalue weighted by Gasteiger charge is -2.29. The first-order valence-corrected chi connectivity index (χ1v) is 10.8. The summed E-state index contributed by atoms with van der Waals surface area (Å²) in [6, 6.07) is 7.94. The molecule has 1 aliphatic rings. The first-order valence-electron chi connectivity index (χ1n) is 8.93. The zero-order valence-electron chi connectivity index (χ0n) is 15.2. The van der Waals surface area contributed by atoms with Gasteiger partial charge in [0.15, 0.2) is 14.6 Å². The molecular weight excluding hydrogens is 408 g/mol. The Morgan fingerprint density at radius 1 is 1.11 bits per heavy atom. The maximum atomic E-state index is 14.0. The molecule has 0 bridgehead atoms. The number of sulfone groups is 1. The van der Waals surface area contributed by atoms with Gasteiger partial charge in [-0.2, -0.15) is 0 Å². The molecule has 0 heterocycles. The molecule has 0 aliphatic heterocycles. The summed E-state index contributed by atoms with van der Waals surface area (Å²) in [7, 11) is -3.99. The first-order chi connectivity index (χ1) is 13.2. The maximum Gasteiger partial charge on any atom is 0.242 e. The molecule has 0 radical (unpaired) electrons. The van der Waals surface area contributed by atoms with Crippen molar-refractivity contribution < 1.29 is 22.0 Å². The third-order valence-corrected chi connectivity index (χ3v) is 8.01. The van der Waals surface area contributed by atoms with Crippen LogP contribution in [0.25, 0.3) is 0 Å². The first kappa shape index (κ1) is 20.7. The van der Waals surface area contributed by atoms with Crippen LogP contribution in [-0.2, 0) is 14.6 Å². The highest BCUT2D eigenvalue weighted by Crippen LogP contribution is 2.41. The van der Waals surface area contributed by atoms with E-state index in [2.05, 4.69) is 5.32 Å². The Morgan fingerprint density at radius 3 is 2.29 bits per heavy atom. The molecule has 150 valence electrons. The average molecular weight is 428 g/mol. The monoisotopic (exact) mass is 427 g/mol. The zero-order valence-corrected chi connectivity index (χ0v) is 16.8. The molecule has 0 aromatic heterocycles. The second-order valence-electron chi connectivity index (χ2n) is 7.02. The molecule has 2 aromatic carbocycles. The van der Waals surface area contributed by atoms with Crippen LogP contribution >= 0.6 is 11.6 Å². The molecule has 0 spiro atoms. The number of benzene rings is 2. The molecule has 8 heteroatoms. The van der Waals surface area contributed by atoms with Crippen molar-refractivity contribution in [3.63, 3.8) is 0 Å². The van der Waals surface area contributed by atoms with Gasteiger partial charge in [0.1, 0.15) is 11.6 Å². The summed E-state index contributed by atoms with van der Waals surface area (Å²) in [5.74, 6) is -2.19. The van der Waals surface area contributed by atoms with Crippen LogP contribution < -0.4 is 5.32 Å². The SMILES string of the molecule is C[C@@H](NC(=O)C1(S(=O)(=O)c2ccc(Cl)cc2)CCCC1)c1ccc(F)cc1F. The smallest absolute Gasteiger partial charge is 0.242 e. The summed E-state index contributed by atoms with van der Waals surface area (Å²) in [6.45, 7) is 1.53. The lowest BCUT2D eigenvalue weighted by atomic mass is 10.0. The predicted octanol–water partition coefficient (Wildman–Crippen LogP) is 4.58. The van der Waals surface area contributed by atoms with Gasteiger partial charge in [0.25, 0.3) is 0 Å². The largest absolute Gasteiger partial charge is 0.348 e. The molecule has 0 saturated heterocycles. The van der Waals surface area contributed by atoms with Crippen molar-refractivity contribution in [3.05, 3.63) is 64.7 Å². The molecule has 4 nitrogen and oxygen atoms in total. The van der Waals surface area contributed by atoms with E-state index in [1.165, 1.54) is 37.3 Å². The van der Waals surface area contributed by atoms with Crippen LogP contribution in [0.15, 0.2) is 47.4 Å². The standard InChI is InChI=1S/C20H20ClF2NO3S/c1-13(17-9-6-15(22)12-18(17)23)24-19(25)20(10-2-3-11-20)28(26,27)16-7-4-14(21)5-8-16/h4-9,12-13H,2-3,10-11H2,1H3,(H,24,25)/t13-/m1/s1. The molecular formula is C20H20ClF2NO3S. The van der Waals surface area contributed by atoms with Gasteiger partial charge in [0, 0.05) is 16.7 Å². The Kier molecular flexibility index (Phi) is 5.77. The highest BCUT2D eigenvalue weighted by molar-refractivity contribution is 7.93. The van der Waals surface area contributed by atoms with Crippen LogP contribution in [0, 0.1) is 11.6 Å². The quantitative estimate of drug-likeness (QED) is 0.759. The fourth-order valence-corrected chi connectivity index (χ4v) is 5.86. The summed E-state index contributed by atoms with van der Waals surface area (Å²) in [5.41, 5.74) is 0.0896. The molecule has 1 N–H and O–H groups in total. The number of carbonyl (C=O) groups is 1. The van der Waals surface area contributed by atoms with Crippen molar-refractivity contribution in [2.24, 2.45) is 0 Å². The molecule has 1 atom stereocenters. The van der Waals surface area contributed by atoms with Crippen molar-refractivity contribution in [3.8, 4) is 0 Å². The number of hydrogen-bond acceptors (Lipinski definition) is 3. The molecule has 0 unspecified atom stereocenters. The molecule has 1 fully saturated rings. The number of carbonyl (C=O) groups excluding carboxylic acids is 1. The summed E-state index contributed by atoms with van der Waals surface area (Å²) < 4.78 is 52.2. The van der Waals surface area contributed by atoms with Gasteiger partial charge < -0.3 is 5.32 Å². The van der Waals surface area contributed by atoms with Gasteiger partial charge in [-0.25, -0.2) is 17.2 Å². The van der Waals surface area contributed by atoms with Gasteiger partial charge in [0.05, 0.1) is 10.9 Å². The van der Waals surface area contributed by atoms with Crippen molar-refractivity contribution in [1.29, 1.82) is 0 Å². The van der Waals surface area contributed by atoms with Gasteiger partial charge in [-0.3, -0.25) is 4.79 Å². The second-order valence-corrected chi connectivity index (χ2v) is 9.72. The highest BCUT2D eigenvalue weighted by Gasteiger charge is 2.53. The van der Waals surface area contributed by atoms with Gasteiger partial charge in [-0.15, -0.1) is 0 Å². The minimum Gasteiger partial charge on any atom is -0.348 e. The molecule has 2 aromatic rings. The van der Waals surface area contributed by atoms with E-state index in [0.717, 1.165) is 12.1 Å². The second kappa shape index (κ2) is 7.79. The lowest BCUT2D eigenvalue weighted by Crippen LogP contribution is -2.51. The van der Waals surface area contributed by atoms with Gasteiger partial charge in [0.2, 0.25) is 5.91 Å². The van der Waals surface area contributed by atoms with E-state index in [0.29, 0.717) is 17.9 Å². The van der Waals surface area contributed by atoms with E-state index in [-0.39, 0.29) is 23.3 Å². The Labute approximate surface area is 167 Å². The minimum atomic E-state index is -3.99. The van der Waals surface area contributed by atoms with Crippen molar-refractivity contribution in [1.82, 2.24) is 5.32 Å². The third kappa shape index (κ3) is 3.65. The van der Waals surface area contributed by atoms with E-state index < -0.39 is 38.2 Å². The van der Waals surface area contributed by atoms with Gasteiger partial charge >= 0.3 is 0 Å². The molecule has 1 amide bonds. The van der Waals surface area contributed by atoms with E-state index in [1.807, 2.05) is 0 Å². The Balaban J connectivity index is 1.93. The topological polar surface area (TPSA) is 63.2 Å². The average Bonchev–Trinajstić information content (AvgIpc) is 3.13. The Morgan fingerprint density at radius 2 is 1.71 bits per heavy atom. The molecule has 3 rings (SSSR count). The number of nitrogens with one attached hydrogen (secondary N) is 1. The van der Waals surface area contributed by atoms with E-state index in [9.17, 15) is 22.0 Å². The van der Waals surface area contributed by atoms with E-state index in [4.69, 9.17) is 11.6 Å². The zero-order chi connectivity index (χ0) is 20.5. The van der Waals surface area contributed by atoms with Crippen molar-refractivity contribution in [2.75, 3.05) is 0 Å². The van der Waals surface area contributed by atoms with E-state index >= 15 is 0 Å². The summed E-state index contributed by atoms with van der Waals surface area (Å²) >= 11 is 5.84. The number of rotatable bonds is 5. The van der Waals surface area contributed by atoms with Crippen LogP contribution in [-0.4, -0.2) is 19.1 Å². The number of halogens is 3. The molecule has 1 saturated carbocycles. The van der Waals surface area contributed by atoms with Gasteiger partial charge in [-0.1, -0.05) is 30.5 Å². The van der Waals surface area contributed by atoms with Crippen molar-refractivity contribution >= 4 is 27.3 Å². The van der Waals surface area contributed by atoms with E-state index in [1.54, 1.807) is 0 Å². The van der Waals surface area contributed by atoms with Crippen LogP contribution in [0.3, 0.4) is 0 Å². The van der Waals surface area contributed by atoms with Crippen LogP contribution in [0.2, 0.25) is 5.02 Å². The van der Waals surface area contributed by atoms with Crippen LogP contribution in [0.4, 0.5) is 8.78 Å². The maximum absolute atomic E-state index is 14.0. The highest BCUT2D eigenvalue weighted by atomic mass is 35.5. The Hall–Kier alpha value is -1.99. The van der Waals surface area contributed by atoms with Crippen molar-refractivity contribution in [2.45, 2.75) is 48.3 Å². The Bertz CT molecular complexity index is 987. The fourth-order valence-electron chi connectivity index (χ4n) is 3.66. The predicted molar refractivity (Wildman–Crippen MR) is 103 cm³/mol. The molecule has 28 heavy (non-hydrogen) atoms.